The predicted molar refractivity (Wildman–Crippen MR) is 108 cm³/mol. The van der Waals surface area contributed by atoms with Gasteiger partial charge in [-0.25, -0.2) is 16.8 Å². The molecular formula is C22H18FNO3S. The lowest BCUT2D eigenvalue weighted by molar-refractivity contribution is 0.415. The summed E-state index contributed by atoms with van der Waals surface area (Å²) >= 11 is 0. The summed E-state index contributed by atoms with van der Waals surface area (Å²) in [5, 5.41) is 0.710. The van der Waals surface area contributed by atoms with Crippen LogP contribution in [-0.2, 0) is 10.0 Å². The lowest BCUT2D eigenvalue weighted by atomic mass is 10.0. The van der Waals surface area contributed by atoms with Crippen molar-refractivity contribution in [1.29, 1.82) is 0 Å². The molecule has 4 rings (SSSR count). The Labute approximate surface area is 162 Å². The number of rotatable bonds is 4. The number of ether oxygens (including phenoxy) is 1. The first-order chi connectivity index (χ1) is 13.4. The normalized spacial score (nSPS) is 11.7. The molecule has 0 saturated heterocycles. The maximum atomic E-state index is 13.4. The summed E-state index contributed by atoms with van der Waals surface area (Å²) in [7, 11) is -2.24. The van der Waals surface area contributed by atoms with Gasteiger partial charge in [-0.3, -0.25) is 0 Å². The first-order valence-electron chi connectivity index (χ1n) is 8.67. The van der Waals surface area contributed by atoms with Gasteiger partial charge in [-0.05, 0) is 55.0 Å². The Bertz CT molecular complexity index is 1260. The molecule has 0 unspecified atom stereocenters. The van der Waals surface area contributed by atoms with Crippen molar-refractivity contribution < 1.29 is 17.5 Å². The molecule has 1 heterocycles. The van der Waals surface area contributed by atoms with Crippen LogP contribution in [-0.4, -0.2) is 19.5 Å². The monoisotopic (exact) mass is 395 g/mol. The molecule has 0 aliphatic heterocycles. The molecule has 3 aromatic carbocycles. The molecule has 6 heteroatoms. The lowest BCUT2D eigenvalue weighted by Crippen LogP contribution is -2.11. The largest absolute Gasteiger partial charge is 0.497 e. The topological polar surface area (TPSA) is 48.3 Å². The fourth-order valence-corrected chi connectivity index (χ4v) is 4.56. The molecule has 0 aliphatic rings. The second-order valence-electron chi connectivity index (χ2n) is 6.55. The van der Waals surface area contributed by atoms with Gasteiger partial charge in [0.25, 0.3) is 10.0 Å². The lowest BCUT2D eigenvalue weighted by Gasteiger charge is -2.08. The van der Waals surface area contributed by atoms with E-state index in [1.54, 1.807) is 67.9 Å². The Hall–Kier alpha value is -3.12. The highest BCUT2D eigenvalue weighted by atomic mass is 32.2. The minimum Gasteiger partial charge on any atom is -0.497 e. The molecule has 28 heavy (non-hydrogen) atoms. The average Bonchev–Trinajstić information content (AvgIpc) is 3.08. The minimum absolute atomic E-state index is 0.205. The van der Waals surface area contributed by atoms with Gasteiger partial charge in [0.15, 0.2) is 0 Å². The second kappa shape index (κ2) is 6.80. The number of hydrogen-bond acceptors (Lipinski definition) is 3. The summed E-state index contributed by atoms with van der Waals surface area (Å²) in [5.41, 5.74) is 2.91. The van der Waals surface area contributed by atoms with Gasteiger partial charge in [0.1, 0.15) is 11.6 Å². The Morgan fingerprint density at radius 2 is 1.61 bits per heavy atom. The molecule has 0 bridgehead atoms. The van der Waals surface area contributed by atoms with E-state index in [2.05, 4.69) is 0 Å². The maximum absolute atomic E-state index is 13.4. The van der Waals surface area contributed by atoms with Gasteiger partial charge in [0.05, 0.1) is 17.5 Å². The Kier molecular flexibility index (Phi) is 4.43. The van der Waals surface area contributed by atoms with E-state index in [0.717, 1.165) is 11.1 Å². The molecule has 4 aromatic rings. The highest BCUT2D eigenvalue weighted by Gasteiger charge is 2.22. The number of methoxy groups -OCH3 is 1. The molecule has 4 nitrogen and oxygen atoms in total. The van der Waals surface area contributed by atoms with Crippen molar-refractivity contribution in [3.05, 3.63) is 84.3 Å². The van der Waals surface area contributed by atoms with Gasteiger partial charge in [-0.1, -0.05) is 29.8 Å². The molecule has 0 radical (unpaired) electrons. The number of nitrogens with zero attached hydrogens (tertiary/aromatic N) is 1. The first kappa shape index (κ1) is 18.3. The van der Waals surface area contributed by atoms with E-state index >= 15 is 0 Å². The molecule has 0 N–H and O–H groups in total. The summed E-state index contributed by atoms with van der Waals surface area (Å²) in [6.07, 6.45) is 1.58. The highest BCUT2D eigenvalue weighted by Crippen LogP contribution is 2.35. The van der Waals surface area contributed by atoms with Crippen molar-refractivity contribution in [3.8, 4) is 16.9 Å². The summed E-state index contributed by atoms with van der Waals surface area (Å²) in [4.78, 5) is 0.205. The van der Waals surface area contributed by atoms with E-state index in [-0.39, 0.29) is 10.7 Å². The van der Waals surface area contributed by atoms with Crippen LogP contribution in [0.1, 0.15) is 5.56 Å². The quantitative estimate of drug-likeness (QED) is 0.488. The van der Waals surface area contributed by atoms with Crippen LogP contribution >= 0.6 is 0 Å². The standard InChI is InChI=1S/C22H18FNO3S/c1-15-3-10-19(11-4-15)28(25,26)24-14-21(16-5-7-17(23)8-6-16)20-13-18(27-2)9-12-22(20)24/h3-14H,1-2H3. The smallest absolute Gasteiger partial charge is 0.268 e. The number of hydrogen-bond donors (Lipinski definition) is 0. The average molecular weight is 395 g/mol. The van der Waals surface area contributed by atoms with Crippen molar-refractivity contribution in [3.63, 3.8) is 0 Å². The third-order valence-electron chi connectivity index (χ3n) is 4.71. The van der Waals surface area contributed by atoms with Crippen LogP contribution in [0.25, 0.3) is 22.0 Å². The van der Waals surface area contributed by atoms with Gasteiger partial charge >= 0.3 is 0 Å². The van der Waals surface area contributed by atoms with Crippen LogP contribution in [0.4, 0.5) is 4.39 Å². The summed E-state index contributed by atoms with van der Waals surface area (Å²) < 4.78 is 46.5. The van der Waals surface area contributed by atoms with E-state index in [9.17, 15) is 12.8 Å². The zero-order chi connectivity index (χ0) is 19.9. The van der Waals surface area contributed by atoms with Crippen LogP contribution < -0.4 is 4.74 Å². The number of aromatic nitrogens is 1. The SMILES string of the molecule is COc1ccc2c(c1)c(-c1ccc(F)cc1)cn2S(=O)(=O)c1ccc(C)cc1. The number of halogens is 1. The van der Waals surface area contributed by atoms with Gasteiger partial charge in [0, 0.05) is 17.1 Å². The highest BCUT2D eigenvalue weighted by molar-refractivity contribution is 7.90. The Balaban J connectivity index is 1.99. The fraction of sp³-hybridized carbons (Fsp3) is 0.0909. The maximum Gasteiger partial charge on any atom is 0.268 e. The molecule has 1 aromatic heterocycles. The molecular weight excluding hydrogens is 377 g/mol. The number of fused-ring (bicyclic) bond motifs is 1. The number of benzene rings is 3. The fourth-order valence-electron chi connectivity index (χ4n) is 3.19. The Morgan fingerprint density at radius 3 is 2.25 bits per heavy atom. The third-order valence-corrected chi connectivity index (χ3v) is 6.40. The van der Waals surface area contributed by atoms with Crippen molar-refractivity contribution >= 4 is 20.9 Å². The van der Waals surface area contributed by atoms with Crippen molar-refractivity contribution in [1.82, 2.24) is 3.97 Å². The van der Waals surface area contributed by atoms with Gasteiger partial charge in [-0.15, -0.1) is 0 Å². The summed E-state index contributed by atoms with van der Waals surface area (Å²) in [6.45, 7) is 1.90. The van der Waals surface area contributed by atoms with E-state index in [1.807, 2.05) is 6.92 Å². The molecule has 0 spiro atoms. The van der Waals surface area contributed by atoms with Crippen LogP contribution in [0.5, 0.6) is 5.75 Å². The van der Waals surface area contributed by atoms with Gasteiger partial charge in [0.2, 0.25) is 0 Å². The van der Waals surface area contributed by atoms with Crippen LogP contribution in [0.15, 0.2) is 77.8 Å². The van der Waals surface area contributed by atoms with Crippen molar-refractivity contribution in [2.45, 2.75) is 11.8 Å². The van der Waals surface area contributed by atoms with E-state index in [1.165, 1.54) is 16.1 Å². The van der Waals surface area contributed by atoms with Crippen LogP contribution in [0.3, 0.4) is 0 Å². The third kappa shape index (κ3) is 3.05. The second-order valence-corrected chi connectivity index (χ2v) is 8.36. The molecule has 0 atom stereocenters. The summed E-state index contributed by atoms with van der Waals surface area (Å²) in [5.74, 6) is 0.263. The Morgan fingerprint density at radius 1 is 0.929 bits per heavy atom. The van der Waals surface area contributed by atoms with E-state index in [0.29, 0.717) is 22.2 Å². The molecule has 0 amide bonds. The van der Waals surface area contributed by atoms with Gasteiger partial charge < -0.3 is 4.74 Å². The zero-order valence-corrected chi connectivity index (χ0v) is 16.2. The van der Waals surface area contributed by atoms with Crippen LogP contribution in [0.2, 0.25) is 0 Å². The van der Waals surface area contributed by atoms with Crippen molar-refractivity contribution in [2.24, 2.45) is 0 Å². The minimum atomic E-state index is -3.80. The molecule has 0 fully saturated rings. The first-order valence-corrected chi connectivity index (χ1v) is 10.1. The zero-order valence-electron chi connectivity index (χ0n) is 15.4. The molecule has 142 valence electrons. The predicted octanol–water partition coefficient (Wildman–Crippen LogP) is 5.00. The summed E-state index contributed by atoms with van der Waals surface area (Å²) in [6, 6.07) is 17.9. The number of aryl methyl sites for hydroxylation is 1. The van der Waals surface area contributed by atoms with E-state index in [4.69, 9.17) is 4.74 Å². The molecule has 0 aliphatic carbocycles. The van der Waals surface area contributed by atoms with Crippen molar-refractivity contribution in [2.75, 3.05) is 7.11 Å². The molecule has 0 saturated carbocycles. The van der Waals surface area contributed by atoms with E-state index < -0.39 is 10.0 Å². The van der Waals surface area contributed by atoms with Crippen LogP contribution in [0, 0.1) is 12.7 Å². The van der Waals surface area contributed by atoms with Gasteiger partial charge in [-0.2, -0.15) is 0 Å².